The van der Waals surface area contributed by atoms with Crippen LogP contribution in [-0.2, 0) is 16.2 Å². The molecule has 0 aliphatic heterocycles. The summed E-state index contributed by atoms with van der Waals surface area (Å²) in [5.41, 5.74) is 6.28. The number of anilines is 1. The Morgan fingerprint density at radius 3 is 2.50 bits per heavy atom. The van der Waals surface area contributed by atoms with Crippen molar-refractivity contribution in [3.8, 4) is 11.1 Å². The number of aryl methyl sites for hydroxylation is 1. The Kier molecular flexibility index (Phi) is 6.81. The molecule has 5 aromatic rings. The van der Waals surface area contributed by atoms with Gasteiger partial charge in [-0.15, -0.1) is 0 Å². The Labute approximate surface area is 238 Å². The number of alkyl halides is 3. The summed E-state index contributed by atoms with van der Waals surface area (Å²) in [5.74, 6) is 0.243. The van der Waals surface area contributed by atoms with Crippen LogP contribution >= 0.6 is 0 Å². The minimum atomic E-state index is -4.70. The second kappa shape index (κ2) is 10.2. The lowest BCUT2D eigenvalue weighted by Crippen LogP contribution is -2.42. The number of nitrogens with one attached hydrogen (secondary N) is 2. The van der Waals surface area contributed by atoms with Crippen molar-refractivity contribution in [2.24, 2.45) is 5.73 Å². The largest absolute Gasteiger partial charge is 0.416 e. The molecule has 0 unspecified atom stereocenters. The number of fused-ring (bicyclic) bond motifs is 2. The van der Waals surface area contributed by atoms with Crippen LogP contribution < -0.4 is 16.6 Å². The summed E-state index contributed by atoms with van der Waals surface area (Å²) in [4.78, 5) is 24.2. The van der Waals surface area contributed by atoms with Crippen molar-refractivity contribution in [2.45, 2.75) is 55.8 Å². The average molecular weight is 597 g/mol. The van der Waals surface area contributed by atoms with Gasteiger partial charge in [0.2, 0.25) is 5.95 Å². The van der Waals surface area contributed by atoms with Crippen molar-refractivity contribution in [3.05, 3.63) is 82.5 Å². The molecule has 3 heterocycles. The first-order chi connectivity index (χ1) is 19.9. The third-order valence-electron chi connectivity index (χ3n) is 7.74. The van der Waals surface area contributed by atoms with Gasteiger partial charge in [-0.3, -0.25) is 4.79 Å². The molecular weight excluding hydrogens is 569 g/mol. The van der Waals surface area contributed by atoms with Gasteiger partial charge in [-0.2, -0.15) is 13.2 Å². The van der Waals surface area contributed by atoms with Gasteiger partial charge in [-0.1, -0.05) is 36.6 Å². The lowest BCUT2D eigenvalue weighted by Gasteiger charge is -2.29. The van der Waals surface area contributed by atoms with Gasteiger partial charge in [0.15, 0.2) is 0 Å². The van der Waals surface area contributed by atoms with Gasteiger partial charge in [0.05, 0.1) is 26.9 Å². The minimum absolute atomic E-state index is 0.0657. The first-order valence-electron chi connectivity index (χ1n) is 13.4. The maximum Gasteiger partial charge on any atom is 0.416 e. The average Bonchev–Trinajstić information content (AvgIpc) is 3.34. The van der Waals surface area contributed by atoms with E-state index in [1.807, 2.05) is 0 Å². The smallest absolute Gasteiger partial charge is 0.350 e. The summed E-state index contributed by atoms with van der Waals surface area (Å²) in [6.45, 7) is 1.80. The van der Waals surface area contributed by atoms with E-state index in [9.17, 15) is 26.4 Å². The van der Waals surface area contributed by atoms with Crippen LogP contribution in [-0.4, -0.2) is 39.4 Å². The van der Waals surface area contributed by atoms with E-state index < -0.39 is 27.3 Å². The number of nitrogens with zero attached hydrogens (tertiary/aromatic N) is 3. The molecule has 1 saturated carbocycles. The molecule has 3 aromatic heterocycles. The number of halogens is 3. The quantitative estimate of drug-likeness (QED) is 0.254. The molecular formula is C29H27F3N6O3S. The second-order valence-electron chi connectivity index (χ2n) is 10.6. The summed E-state index contributed by atoms with van der Waals surface area (Å²) in [7, 11) is -4.31. The molecule has 0 amide bonds. The van der Waals surface area contributed by atoms with Crippen LogP contribution in [0.1, 0.15) is 36.8 Å². The topological polar surface area (TPSA) is 136 Å². The van der Waals surface area contributed by atoms with Crippen LogP contribution in [0.5, 0.6) is 0 Å². The highest BCUT2D eigenvalue weighted by Gasteiger charge is 2.32. The van der Waals surface area contributed by atoms with Crippen LogP contribution in [0.4, 0.5) is 19.1 Å². The lowest BCUT2D eigenvalue weighted by atomic mass is 9.91. The summed E-state index contributed by atoms with van der Waals surface area (Å²) in [6.07, 6.45) is 3.02. The Hall–Kier alpha value is -4.23. The monoisotopic (exact) mass is 596 g/mol. The predicted octanol–water partition coefficient (Wildman–Crippen LogP) is 5.19. The maximum atomic E-state index is 13.8. The van der Waals surface area contributed by atoms with E-state index in [1.165, 1.54) is 36.8 Å². The van der Waals surface area contributed by atoms with Gasteiger partial charge in [-0.25, -0.2) is 22.4 Å². The van der Waals surface area contributed by atoms with Gasteiger partial charge >= 0.3 is 6.18 Å². The predicted molar refractivity (Wildman–Crippen MR) is 154 cm³/mol. The number of rotatable bonds is 5. The van der Waals surface area contributed by atoms with Crippen LogP contribution in [0.2, 0.25) is 0 Å². The molecule has 4 N–H and O–H groups in total. The summed E-state index contributed by atoms with van der Waals surface area (Å²) in [6, 6.07) is 8.81. The number of benzene rings is 2. The van der Waals surface area contributed by atoms with E-state index in [0.717, 1.165) is 47.4 Å². The fraction of sp³-hybridized carbons (Fsp3) is 0.276. The van der Waals surface area contributed by atoms with E-state index in [1.54, 1.807) is 19.1 Å². The normalized spacial score (nSPS) is 18.0. The van der Waals surface area contributed by atoms with Gasteiger partial charge in [0.1, 0.15) is 0 Å². The number of hydrogen-bond acceptors (Lipinski definition) is 7. The van der Waals surface area contributed by atoms with E-state index in [-0.39, 0.29) is 50.3 Å². The molecule has 0 spiro atoms. The number of aromatic nitrogens is 4. The van der Waals surface area contributed by atoms with Crippen LogP contribution in [0, 0.1) is 6.92 Å². The Morgan fingerprint density at radius 1 is 1.05 bits per heavy atom. The number of nitrogens with two attached hydrogens (primary N) is 1. The standard InChI is InChI=1S/C29H27F3N6O3S/c1-16-6-9-18(10-7-16)42(40,41)38-15-22(19-11-8-17(12-25(19)38)29(30,31)32)20-13-34-27(39)21-14-35-28(37-26(20)21)36-24-5-3-2-4-23(24)33/h6-15,23-24H,2-5,33H2,1H3,(H,34,39)(H,35,36,37)/t23-,24+/m0/s1. The number of H-pyrrole nitrogens is 1. The highest BCUT2D eigenvalue weighted by atomic mass is 32.2. The zero-order valence-corrected chi connectivity index (χ0v) is 23.3. The summed E-state index contributed by atoms with van der Waals surface area (Å²) >= 11 is 0. The van der Waals surface area contributed by atoms with Crippen molar-refractivity contribution < 1.29 is 21.6 Å². The molecule has 1 aliphatic carbocycles. The van der Waals surface area contributed by atoms with Crippen LogP contribution in [0.25, 0.3) is 32.9 Å². The summed E-state index contributed by atoms with van der Waals surface area (Å²) in [5, 5.41) is 3.62. The first-order valence-corrected chi connectivity index (χ1v) is 14.8. The van der Waals surface area contributed by atoms with E-state index in [4.69, 9.17) is 5.73 Å². The van der Waals surface area contributed by atoms with Crippen molar-refractivity contribution >= 4 is 37.8 Å². The highest BCUT2D eigenvalue weighted by Crippen LogP contribution is 2.39. The van der Waals surface area contributed by atoms with E-state index >= 15 is 0 Å². The molecule has 2 atom stereocenters. The minimum Gasteiger partial charge on any atom is -0.350 e. The molecule has 0 radical (unpaired) electrons. The van der Waals surface area contributed by atoms with E-state index in [2.05, 4.69) is 20.3 Å². The third-order valence-corrected chi connectivity index (χ3v) is 9.42. The Balaban J connectivity index is 1.57. The van der Waals surface area contributed by atoms with E-state index in [0.29, 0.717) is 5.56 Å². The molecule has 1 aliphatic rings. The van der Waals surface area contributed by atoms with Crippen molar-refractivity contribution in [2.75, 3.05) is 5.32 Å². The first kappa shape index (κ1) is 27.9. The van der Waals surface area contributed by atoms with Gasteiger partial charge in [-0.05, 0) is 44.0 Å². The van der Waals surface area contributed by atoms with Crippen LogP contribution in [0.15, 0.2) is 70.7 Å². The van der Waals surface area contributed by atoms with Crippen LogP contribution in [0.3, 0.4) is 0 Å². The SMILES string of the molecule is Cc1ccc(S(=O)(=O)n2cc(-c3c[nH]c(=O)c4cnc(N[C@@H]5CCCC[C@@H]5N)nc34)c3ccc(C(F)(F)F)cc32)cc1. The zero-order valence-electron chi connectivity index (χ0n) is 22.4. The molecule has 1 fully saturated rings. The highest BCUT2D eigenvalue weighted by molar-refractivity contribution is 7.90. The third kappa shape index (κ3) is 4.92. The fourth-order valence-corrected chi connectivity index (χ4v) is 6.79. The molecule has 0 bridgehead atoms. The molecule has 6 rings (SSSR count). The van der Waals surface area contributed by atoms with Crippen molar-refractivity contribution in [1.29, 1.82) is 0 Å². The molecule has 218 valence electrons. The molecule has 13 heteroatoms. The lowest BCUT2D eigenvalue weighted by molar-refractivity contribution is -0.137. The van der Waals surface area contributed by atoms with Gasteiger partial charge in [0, 0.05) is 47.2 Å². The number of hydrogen-bond donors (Lipinski definition) is 3. The molecule has 0 saturated heterocycles. The van der Waals surface area contributed by atoms with Gasteiger partial charge < -0.3 is 16.0 Å². The number of pyridine rings is 1. The molecule has 2 aromatic carbocycles. The number of aromatic amines is 1. The summed E-state index contributed by atoms with van der Waals surface area (Å²) < 4.78 is 69.6. The fourth-order valence-electron chi connectivity index (χ4n) is 5.43. The van der Waals surface area contributed by atoms with Crippen molar-refractivity contribution in [3.63, 3.8) is 0 Å². The Bertz CT molecular complexity index is 1980. The zero-order chi connectivity index (χ0) is 29.8. The Morgan fingerprint density at radius 2 is 1.79 bits per heavy atom. The maximum absolute atomic E-state index is 13.8. The second-order valence-corrected chi connectivity index (χ2v) is 12.4. The van der Waals surface area contributed by atoms with Crippen molar-refractivity contribution in [1.82, 2.24) is 18.9 Å². The van der Waals surface area contributed by atoms with Gasteiger partial charge in [0.25, 0.3) is 15.6 Å². The molecule has 9 nitrogen and oxygen atoms in total. The molecule has 42 heavy (non-hydrogen) atoms.